The van der Waals surface area contributed by atoms with Gasteiger partial charge in [-0.1, -0.05) is 318 Å². The highest BCUT2D eigenvalue weighted by molar-refractivity contribution is 5.71. The molecule has 0 bridgehead atoms. The molecule has 0 saturated heterocycles. The van der Waals surface area contributed by atoms with Crippen LogP contribution in [0.4, 0.5) is 0 Å². The SMILES string of the molecule is CC/C=C\C/C=C\C/C=C\C/C=C\CCCCCCCCC(=O)OC(COC(=O)CCCCCCCCCCCCCC)COC(=O)CCCCCCCCCCCCCCCCCC/C=C\C/C=C\C/C=C\CCCCCCC. The van der Waals surface area contributed by atoms with E-state index >= 15 is 0 Å². The molecule has 0 amide bonds. The Morgan fingerprint density at radius 1 is 0.263 bits per heavy atom. The highest BCUT2D eigenvalue weighted by Gasteiger charge is 2.19. The lowest BCUT2D eigenvalue weighted by Gasteiger charge is -2.18. The van der Waals surface area contributed by atoms with Crippen molar-refractivity contribution in [3.05, 3.63) is 85.1 Å². The summed E-state index contributed by atoms with van der Waals surface area (Å²) >= 11 is 0. The van der Waals surface area contributed by atoms with Crippen LogP contribution in [-0.4, -0.2) is 37.2 Å². The van der Waals surface area contributed by atoms with Crippen LogP contribution in [0.5, 0.6) is 0 Å². The van der Waals surface area contributed by atoms with Crippen molar-refractivity contribution in [1.29, 1.82) is 0 Å². The largest absolute Gasteiger partial charge is 0.462 e. The number of hydrogen-bond acceptors (Lipinski definition) is 6. The summed E-state index contributed by atoms with van der Waals surface area (Å²) in [5.41, 5.74) is 0. The van der Waals surface area contributed by atoms with Gasteiger partial charge >= 0.3 is 17.9 Å². The second kappa shape index (κ2) is 68.1. The Hall–Kier alpha value is -3.41. The van der Waals surface area contributed by atoms with Gasteiger partial charge in [-0.3, -0.25) is 14.4 Å². The Labute approximate surface area is 496 Å². The summed E-state index contributed by atoms with van der Waals surface area (Å²) in [7, 11) is 0. The maximum absolute atomic E-state index is 12.9. The zero-order valence-corrected chi connectivity index (χ0v) is 53.1. The molecule has 0 N–H and O–H groups in total. The van der Waals surface area contributed by atoms with Gasteiger partial charge < -0.3 is 14.2 Å². The predicted octanol–water partition coefficient (Wildman–Crippen LogP) is 23.8. The standard InChI is InChI=1S/C74H130O6/c1-4-7-10-13-16-19-22-25-27-29-31-32-33-34-35-36-37-38-39-40-41-42-44-45-47-49-52-55-58-61-64-67-73(76)79-70-71(69-78-72(75)66-63-60-57-54-51-24-21-18-15-12-9-6-3)80-74(77)68-65-62-59-56-53-50-48-46-43-30-28-26-23-20-17-14-11-8-5-2/h8,11,17,20,22,25-26,28-29,31,33-34,43,46,71H,4-7,9-10,12-16,18-19,21,23-24,27,30,32,35-42,44-45,47-70H2,1-3H3/b11-8-,20-17-,25-22-,28-26-,31-29-,34-33-,46-43-. The molecule has 0 aromatic rings. The van der Waals surface area contributed by atoms with E-state index in [9.17, 15) is 14.4 Å². The molecular formula is C74H130O6. The Bertz CT molecular complexity index is 1520. The third-order valence-corrected chi connectivity index (χ3v) is 15.1. The van der Waals surface area contributed by atoms with E-state index in [0.29, 0.717) is 19.3 Å². The fourth-order valence-electron chi connectivity index (χ4n) is 9.97. The lowest BCUT2D eigenvalue weighted by atomic mass is 10.0. The number of carbonyl (C=O) groups excluding carboxylic acids is 3. The fourth-order valence-corrected chi connectivity index (χ4v) is 9.97. The van der Waals surface area contributed by atoms with Gasteiger partial charge in [-0.15, -0.1) is 0 Å². The van der Waals surface area contributed by atoms with Crippen LogP contribution in [-0.2, 0) is 28.6 Å². The molecule has 0 radical (unpaired) electrons. The summed E-state index contributed by atoms with van der Waals surface area (Å²) in [5.74, 6) is -0.876. The molecule has 0 aliphatic heterocycles. The fraction of sp³-hybridized carbons (Fsp3) is 0.770. The van der Waals surface area contributed by atoms with Gasteiger partial charge in [0, 0.05) is 19.3 Å². The number of rotatable bonds is 63. The number of esters is 3. The molecule has 6 heteroatoms. The third-order valence-electron chi connectivity index (χ3n) is 15.1. The average molecular weight is 1120 g/mol. The average Bonchev–Trinajstić information content (AvgIpc) is 3.46. The van der Waals surface area contributed by atoms with Gasteiger partial charge in [0.15, 0.2) is 6.10 Å². The van der Waals surface area contributed by atoms with Crippen molar-refractivity contribution < 1.29 is 28.6 Å². The first-order valence-corrected chi connectivity index (χ1v) is 34.6. The van der Waals surface area contributed by atoms with E-state index in [0.717, 1.165) is 109 Å². The van der Waals surface area contributed by atoms with Gasteiger partial charge in [0.2, 0.25) is 0 Å². The molecule has 0 aliphatic carbocycles. The van der Waals surface area contributed by atoms with Crippen molar-refractivity contribution in [2.45, 2.75) is 354 Å². The number of unbranched alkanes of at least 4 members (excludes halogenated alkanes) is 38. The lowest BCUT2D eigenvalue weighted by Crippen LogP contribution is -2.30. The van der Waals surface area contributed by atoms with Gasteiger partial charge in [0.1, 0.15) is 13.2 Å². The molecule has 0 fully saturated rings. The Balaban J connectivity index is 4.20. The van der Waals surface area contributed by atoms with Crippen molar-refractivity contribution in [2.75, 3.05) is 13.2 Å². The Kier molecular flexibility index (Phi) is 65.2. The molecule has 462 valence electrons. The van der Waals surface area contributed by atoms with Crippen molar-refractivity contribution >= 4 is 17.9 Å². The molecule has 6 nitrogen and oxygen atoms in total. The van der Waals surface area contributed by atoms with E-state index in [1.54, 1.807) is 0 Å². The van der Waals surface area contributed by atoms with Gasteiger partial charge in [-0.2, -0.15) is 0 Å². The third kappa shape index (κ3) is 65.4. The number of carbonyl (C=O) groups is 3. The lowest BCUT2D eigenvalue weighted by molar-refractivity contribution is -0.167. The summed E-state index contributed by atoms with van der Waals surface area (Å²) < 4.78 is 16.9. The zero-order chi connectivity index (χ0) is 57.8. The second-order valence-corrected chi connectivity index (χ2v) is 23.1. The predicted molar refractivity (Wildman–Crippen MR) is 348 cm³/mol. The topological polar surface area (TPSA) is 78.9 Å². The molecule has 1 unspecified atom stereocenters. The van der Waals surface area contributed by atoms with E-state index < -0.39 is 6.10 Å². The molecule has 0 aliphatic rings. The highest BCUT2D eigenvalue weighted by atomic mass is 16.6. The molecule has 0 heterocycles. The van der Waals surface area contributed by atoms with Crippen LogP contribution in [0.3, 0.4) is 0 Å². The van der Waals surface area contributed by atoms with E-state index in [1.807, 2.05) is 0 Å². The highest BCUT2D eigenvalue weighted by Crippen LogP contribution is 2.17. The smallest absolute Gasteiger partial charge is 0.306 e. The number of hydrogen-bond donors (Lipinski definition) is 0. The quantitative estimate of drug-likeness (QED) is 0.0261. The molecule has 0 aromatic carbocycles. The van der Waals surface area contributed by atoms with Gasteiger partial charge in [0.25, 0.3) is 0 Å². The van der Waals surface area contributed by atoms with Crippen LogP contribution in [0.15, 0.2) is 85.1 Å². The first-order chi connectivity index (χ1) is 39.5. The molecule has 0 rings (SSSR count). The molecule has 0 aromatic heterocycles. The van der Waals surface area contributed by atoms with E-state index in [1.165, 1.54) is 199 Å². The normalized spacial score (nSPS) is 12.6. The molecule has 0 saturated carbocycles. The van der Waals surface area contributed by atoms with E-state index in [2.05, 4.69) is 106 Å². The summed E-state index contributed by atoms with van der Waals surface area (Å²) in [6, 6.07) is 0. The Morgan fingerprint density at radius 2 is 0.487 bits per heavy atom. The molecule has 80 heavy (non-hydrogen) atoms. The number of ether oxygens (including phenoxy) is 3. The van der Waals surface area contributed by atoms with Crippen LogP contribution < -0.4 is 0 Å². The van der Waals surface area contributed by atoms with Crippen LogP contribution in [0, 0.1) is 0 Å². The summed E-state index contributed by atoms with van der Waals surface area (Å²) in [6.45, 7) is 6.54. The van der Waals surface area contributed by atoms with Crippen LogP contribution in [0.1, 0.15) is 348 Å². The number of allylic oxidation sites excluding steroid dienone is 14. The van der Waals surface area contributed by atoms with E-state index in [4.69, 9.17) is 14.2 Å². The van der Waals surface area contributed by atoms with Gasteiger partial charge in [0.05, 0.1) is 0 Å². The zero-order valence-electron chi connectivity index (χ0n) is 53.1. The minimum atomic E-state index is -0.783. The van der Waals surface area contributed by atoms with Crippen molar-refractivity contribution in [1.82, 2.24) is 0 Å². The van der Waals surface area contributed by atoms with E-state index in [-0.39, 0.29) is 31.1 Å². The summed E-state index contributed by atoms with van der Waals surface area (Å²) in [4.78, 5) is 38.3. The van der Waals surface area contributed by atoms with Gasteiger partial charge in [-0.05, 0) is 96.3 Å². The van der Waals surface area contributed by atoms with Crippen LogP contribution in [0.25, 0.3) is 0 Å². The van der Waals surface area contributed by atoms with Crippen molar-refractivity contribution in [3.8, 4) is 0 Å². The second-order valence-electron chi connectivity index (χ2n) is 23.1. The first kappa shape index (κ1) is 76.6. The molecular weight excluding hydrogens is 985 g/mol. The molecule has 0 spiro atoms. The summed E-state index contributed by atoms with van der Waals surface area (Å²) in [5, 5.41) is 0. The Morgan fingerprint density at radius 3 is 0.762 bits per heavy atom. The van der Waals surface area contributed by atoms with Crippen molar-refractivity contribution in [2.24, 2.45) is 0 Å². The van der Waals surface area contributed by atoms with Gasteiger partial charge in [-0.25, -0.2) is 0 Å². The maximum Gasteiger partial charge on any atom is 0.306 e. The van der Waals surface area contributed by atoms with Crippen LogP contribution in [0.2, 0.25) is 0 Å². The monoisotopic (exact) mass is 1110 g/mol. The first-order valence-electron chi connectivity index (χ1n) is 34.6. The molecule has 1 atom stereocenters. The minimum absolute atomic E-state index is 0.0784. The summed E-state index contributed by atoms with van der Waals surface area (Å²) in [6.07, 6.45) is 90.4. The van der Waals surface area contributed by atoms with Crippen molar-refractivity contribution in [3.63, 3.8) is 0 Å². The van der Waals surface area contributed by atoms with Crippen LogP contribution >= 0.6 is 0 Å². The minimum Gasteiger partial charge on any atom is -0.462 e. The maximum atomic E-state index is 12.9.